The molecule has 1 atom stereocenters. The van der Waals surface area contributed by atoms with Crippen molar-refractivity contribution in [2.24, 2.45) is 0 Å². The molecule has 3 aromatic rings. The van der Waals surface area contributed by atoms with Crippen molar-refractivity contribution in [3.63, 3.8) is 0 Å². The summed E-state index contributed by atoms with van der Waals surface area (Å²) in [7, 11) is 0. The average Bonchev–Trinajstić information content (AvgIpc) is 3.23. The standard InChI is InChI=1S/C26H28N4O2S/c1-3-14-33-26-28-25-27-21-8-5-9-22(31)23(21)24(30(25)29-26)19-10-12-20(13-11-19)32-16-18-7-4-6-17(2)15-18/h4,6-7,10-13,15,24H,3,5,8-9,14,16H2,1-2H3,(H,27,28,29). The molecule has 1 aromatic heterocycles. The highest BCUT2D eigenvalue weighted by atomic mass is 32.2. The second kappa shape index (κ2) is 9.43. The molecule has 0 amide bonds. The number of hydrogen-bond donors (Lipinski definition) is 1. The first-order valence-electron chi connectivity index (χ1n) is 11.5. The number of carbonyl (C=O) groups is 1. The molecule has 33 heavy (non-hydrogen) atoms. The minimum atomic E-state index is -0.265. The third-order valence-electron chi connectivity index (χ3n) is 5.97. The Labute approximate surface area is 198 Å². The van der Waals surface area contributed by atoms with Crippen LogP contribution in [-0.4, -0.2) is 26.3 Å². The van der Waals surface area contributed by atoms with Gasteiger partial charge in [0.2, 0.25) is 11.1 Å². The number of aryl methyl sites for hydroxylation is 1. The normalized spacial score (nSPS) is 17.4. The van der Waals surface area contributed by atoms with Crippen LogP contribution < -0.4 is 10.1 Å². The summed E-state index contributed by atoms with van der Waals surface area (Å²) in [6, 6.07) is 16.1. The monoisotopic (exact) mass is 460 g/mol. The van der Waals surface area contributed by atoms with Crippen LogP contribution in [0.3, 0.4) is 0 Å². The van der Waals surface area contributed by atoms with Gasteiger partial charge < -0.3 is 10.1 Å². The van der Waals surface area contributed by atoms with Gasteiger partial charge in [0, 0.05) is 23.4 Å². The van der Waals surface area contributed by atoms with Gasteiger partial charge in [0.1, 0.15) is 18.4 Å². The number of anilines is 1. The summed E-state index contributed by atoms with van der Waals surface area (Å²) in [5, 5.41) is 8.90. The first-order valence-corrected chi connectivity index (χ1v) is 12.5. The number of hydrogen-bond acceptors (Lipinski definition) is 6. The number of ether oxygens (including phenoxy) is 1. The van der Waals surface area contributed by atoms with Crippen LogP contribution >= 0.6 is 11.8 Å². The Bertz CT molecular complexity index is 1200. The van der Waals surface area contributed by atoms with Crippen LogP contribution in [0.1, 0.15) is 55.3 Å². The van der Waals surface area contributed by atoms with Crippen molar-refractivity contribution in [1.82, 2.24) is 14.8 Å². The average molecular weight is 461 g/mol. The van der Waals surface area contributed by atoms with E-state index in [0.717, 1.165) is 58.3 Å². The van der Waals surface area contributed by atoms with E-state index in [4.69, 9.17) is 14.8 Å². The van der Waals surface area contributed by atoms with Crippen molar-refractivity contribution in [2.75, 3.05) is 11.1 Å². The third-order valence-corrected chi connectivity index (χ3v) is 7.01. The minimum absolute atomic E-state index is 0.192. The molecule has 170 valence electrons. The maximum Gasteiger partial charge on any atom is 0.227 e. The van der Waals surface area contributed by atoms with Crippen LogP contribution in [0, 0.1) is 6.92 Å². The van der Waals surface area contributed by atoms with E-state index < -0.39 is 0 Å². The Kier molecular flexibility index (Phi) is 6.22. The molecular weight excluding hydrogens is 432 g/mol. The van der Waals surface area contributed by atoms with E-state index >= 15 is 0 Å². The highest BCUT2D eigenvalue weighted by Gasteiger charge is 2.36. The Balaban J connectivity index is 1.43. The summed E-state index contributed by atoms with van der Waals surface area (Å²) < 4.78 is 7.88. The number of aromatic nitrogens is 3. The van der Waals surface area contributed by atoms with E-state index in [9.17, 15) is 4.79 Å². The van der Waals surface area contributed by atoms with Crippen molar-refractivity contribution < 1.29 is 9.53 Å². The second-order valence-corrected chi connectivity index (χ2v) is 9.62. The van der Waals surface area contributed by atoms with E-state index in [1.165, 1.54) is 5.56 Å². The van der Waals surface area contributed by atoms with Crippen molar-refractivity contribution in [1.29, 1.82) is 0 Å². The lowest BCUT2D eigenvalue weighted by molar-refractivity contribution is -0.116. The number of fused-ring (bicyclic) bond motifs is 1. The third kappa shape index (κ3) is 4.55. The summed E-state index contributed by atoms with van der Waals surface area (Å²) >= 11 is 1.65. The Hall–Kier alpha value is -3.06. The van der Waals surface area contributed by atoms with Gasteiger partial charge >= 0.3 is 0 Å². The molecule has 1 unspecified atom stereocenters. The predicted octanol–water partition coefficient (Wildman–Crippen LogP) is 5.69. The van der Waals surface area contributed by atoms with Crippen molar-refractivity contribution in [3.8, 4) is 5.75 Å². The fraction of sp³-hybridized carbons (Fsp3) is 0.346. The smallest absolute Gasteiger partial charge is 0.227 e. The highest BCUT2D eigenvalue weighted by Crippen LogP contribution is 2.40. The molecule has 2 heterocycles. The number of benzene rings is 2. The molecule has 1 aliphatic heterocycles. The van der Waals surface area contributed by atoms with Crippen molar-refractivity contribution in [3.05, 3.63) is 76.5 Å². The number of ketones is 1. The summed E-state index contributed by atoms with van der Waals surface area (Å²) in [5.41, 5.74) is 5.19. The van der Waals surface area contributed by atoms with Crippen LogP contribution in [0.5, 0.6) is 5.75 Å². The first kappa shape index (κ1) is 21.8. The predicted molar refractivity (Wildman–Crippen MR) is 131 cm³/mol. The summed E-state index contributed by atoms with van der Waals surface area (Å²) in [6.07, 6.45) is 3.37. The molecule has 0 saturated carbocycles. The highest BCUT2D eigenvalue weighted by molar-refractivity contribution is 7.99. The lowest BCUT2D eigenvalue weighted by Crippen LogP contribution is -2.31. The van der Waals surface area contributed by atoms with Crippen LogP contribution in [0.4, 0.5) is 5.95 Å². The minimum Gasteiger partial charge on any atom is -0.489 e. The topological polar surface area (TPSA) is 69.0 Å². The molecule has 0 spiro atoms. The van der Waals surface area contributed by atoms with Crippen molar-refractivity contribution >= 4 is 23.5 Å². The number of Topliss-reactive ketones (excluding diaryl/α,β-unsaturated/α-hetero) is 1. The zero-order valence-electron chi connectivity index (χ0n) is 19.0. The molecule has 1 aliphatic carbocycles. The van der Waals surface area contributed by atoms with E-state index in [1.807, 2.05) is 35.0 Å². The number of allylic oxidation sites excluding steroid dienone is 2. The van der Waals surface area contributed by atoms with Crippen LogP contribution in [-0.2, 0) is 11.4 Å². The number of thioether (sulfide) groups is 1. The number of rotatable bonds is 7. The maximum atomic E-state index is 13.0. The van der Waals surface area contributed by atoms with Gasteiger partial charge in [-0.3, -0.25) is 4.79 Å². The number of carbonyl (C=O) groups excluding carboxylic acids is 1. The number of nitrogens with zero attached hydrogens (tertiary/aromatic N) is 3. The summed E-state index contributed by atoms with van der Waals surface area (Å²) in [4.78, 5) is 17.7. The van der Waals surface area contributed by atoms with Gasteiger partial charge in [0.15, 0.2) is 5.78 Å². The first-order chi connectivity index (χ1) is 16.1. The van der Waals surface area contributed by atoms with Gasteiger partial charge in [0.25, 0.3) is 0 Å². The molecule has 6 nitrogen and oxygen atoms in total. The molecule has 0 saturated heterocycles. The molecule has 5 rings (SSSR count). The van der Waals surface area contributed by atoms with Crippen LogP contribution in [0.25, 0.3) is 0 Å². The molecule has 0 bridgehead atoms. The molecule has 0 radical (unpaired) electrons. The zero-order chi connectivity index (χ0) is 22.8. The lowest BCUT2D eigenvalue weighted by atomic mass is 9.85. The van der Waals surface area contributed by atoms with Gasteiger partial charge in [-0.2, -0.15) is 4.98 Å². The molecular formula is C26H28N4O2S. The number of nitrogens with one attached hydrogen (secondary N) is 1. The Morgan fingerprint density at radius 2 is 2.03 bits per heavy atom. The molecule has 7 heteroatoms. The second-order valence-electron chi connectivity index (χ2n) is 8.55. The van der Waals surface area contributed by atoms with Gasteiger partial charge in [-0.15, -0.1) is 5.10 Å². The lowest BCUT2D eigenvalue weighted by Gasteiger charge is -2.32. The quantitative estimate of drug-likeness (QED) is 0.457. The van der Waals surface area contributed by atoms with E-state index in [2.05, 4.69) is 37.4 Å². The van der Waals surface area contributed by atoms with Gasteiger partial charge in [-0.1, -0.05) is 60.6 Å². The van der Waals surface area contributed by atoms with E-state index in [0.29, 0.717) is 19.0 Å². The molecule has 1 N–H and O–H groups in total. The van der Waals surface area contributed by atoms with E-state index in [1.54, 1.807) is 11.8 Å². The molecule has 2 aliphatic rings. The van der Waals surface area contributed by atoms with Crippen LogP contribution in [0.2, 0.25) is 0 Å². The largest absolute Gasteiger partial charge is 0.489 e. The van der Waals surface area contributed by atoms with Crippen molar-refractivity contribution in [2.45, 2.75) is 57.3 Å². The summed E-state index contributed by atoms with van der Waals surface area (Å²) in [5.74, 6) is 2.67. The van der Waals surface area contributed by atoms with Gasteiger partial charge in [0.05, 0.1) is 0 Å². The zero-order valence-corrected chi connectivity index (χ0v) is 19.8. The SMILES string of the molecule is CCCSc1nc2n(n1)C(c1ccc(OCc3cccc(C)c3)cc1)C1=C(CCCC1=O)N2. The van der Waals surface area contributed by atoms with Gasteiger partial charge in [-0.25, -0.2) is 4.68 Å². The summed E-state index contributed by atoms with van der Waals surface area (Å²) in [6.45, 7) is 4.75. The Morgan fingerprint density at radius 1 is 1.18 bits per heavy atom. The molecule has 2 aromatic carbocycles. The Morgan fingerprint density at radius 3 is 2.82 bits per heavy atom. The van der Waals surface area contributed by atoms with Gasteiger partial charge in [-0.05, 0) is 49.4 Å². The maximum absolute atomic E-state index is 13.0. The van der Waals surface area contributed by atoms with Crippen LogP contribution in [0.15, 0.2) is 65.0 Å². The van der Waals surface area contributed by atoms with E-state index in [-0.39, 0.29) is 11.8 Å². The molecule has 0 fully saturated rings. The fourth-order valence-corrected chi connectivity index (χ4v) is 5.10. The fourth-order valence-electron chi connectivity index (χ4n) is 4.41.